The van der Waals surface area contributed by atoms with Crippen LogP contribution in [0.5, 0.6) is 0 Å². The number of nitrogens with zero attached hydrogens (tertiary/aromatic N) is 1. The lowest BCUT2D eigenvalue weighted by molar-refractivity contribution is 1.18. The third-order valence-electron chi connectivity index (χ3n) is 11.0. The lowest BCUT2D eigenvalue weighted by Gasteiger charge is -2.13. The van der Waals surface area contributed by atoms with Gasteiger partial charge in [0.25, 0.3) is 0 Å². The molecule has 1 nitrogen and oxygen atoms in total. The first kappa shape index (κ1) is 28.2. The van der Waals surface area contributed by atoms with E-state index >= 15 is 0 Å². The molecule has 0 spiro atoms. The van der Waals surface area contributed by atoms with Gasteiger partial charge in [0.15, 0.2) is 0 Å². The molecule has 0 N–H and O–H groups in total. The maximum absolute atomic E-state index is 2.45. The highest BCUT2D eigenvalue weighted by Crippen LogP contribution is 2.44. The van der Waals surface area contributed by atoms with Crippen molar-refractivity contribution in [2.24, 2.45) is 0 Å². The maximum atomic E-state index is 2.45. The zero-order valence-electron chi connectivity index (χ0n) is 27.8. The van der Waals surface area contributed by atoms with E-state index in [0.29, 0.717) is 0 Å². The van der Waals surface area contributed by atoms with E-state index in [4.69, 9.17) is 0 Å². The van der Waals surface area contributed by atoms with Gasteiger partial charge in [-0.3, -0.25) is 0 Å². The van der Waals surface area contributed by atoms with E-state index in [1.54, 1.807) is 0 Å². The first-order valence-corrected chi connectivity index (χ1v) is 17.7. The number of benzene rings is 10. The summed E-state index contributed by atoms with van der Waals surface area (Å²) in [4.78, 5) is 0. The Balaban J connectivity index is 1.13. The molecule has 11 aromatic rings. The Morgan fingerprint density at radius 3 is 1.49 bits per heavy atom. The van der Waals surface area contributed by atoms with Gasteiger partial charge in [0.1, 0.15) is 0 Å². The van der Waals surface area contributed by atoms with Crippen molar-refractivity contribution in [2.45, 2.75) is 0 Å². The smallest absolute Gasteiger partial charge is 0.0553 e. The van der Waals surface area contributed by atoms with Gasteiger partial charge >= 0.3 is 0 Å². The summed E-state index contributed by atoms with van der Waals surface area (Å²) in [5.41, 5.74) is 8.51. The molecule has 0 atom stereocenters. The normalized spacial score (nSPS) is 11.9. The van der Waals surface area contributed by atoms with Crippen LogP contribution in [0.2, 0.25) is 0 Å². The molecular formula is C50H31N. The predicted molar refractivity (Wildman–Crippen MR) is 219 cm³/mol. The van der Waals surface area contributed by atoms with Crippen molar-refractivity contribution in [3.05, 3.63) is 188 Å². The van der Waals surface area contributed by atoms with Crippen LogP contribution in [0, 0.1) is 0 Å². The van der Waals surface area contributed by atoms with E-state index in [0.717, 1.165) is 0 Å². The van der Waals surface area contributed by atoms with Gasteiger partial charge in [-0.15, -0.1) is 0 Å². The zero-order chi connectivity index (χ0) is 33.5. The molecule has 0 bridgehead atoms. The Bertz CT molecular complexity index is 3130. The van der Waals surface area contributed by atoms with Crippen molar-refractivity contribution in [1.29, 1.82) is 0 Å². The van der Waals surface area contributed by atoms with Gasteiger partial charge < -0.3 is 4.57 Å². The van der Waals surface area contributed by atoms with Gasteiger partial charge in [-0.05, 0) is 106 Å². The molecule has 236 valence electrons. The van der Waals surface area contributed by atoms with Crippen molar-refractivity contribution in [2.75, 3.05) is 0 Å². The molecule has 0 saturated heterocycles. The van der Waals surface area contributed by atoms with E-state index in [2.05, 4.69) is 193 Å². The molecule has 1 heteroatoms. The molecule has 0 amide bonds. The lowest BCUT2D eigenvalue weighted by Crippen LogP contribution is -1.94. The third-order valence-corrected chi connectivity index (χ3v) is 11.0. The summed E-state index contributed by atoms with van der Waals surface area (Å²) < 4.78 is 2.45. The minimum atomic E-state index is 1.17. The molecule has 0 aliphatic heterocycles. The average molecular weight is 646 g/mol. The zero-order valence-corrected chi connectivity index (χ0v) is 27.8. The number of para-hydroxylation sites is 1. The molecular weight excluding hydrogens is 615 g/mol. The van der Waals surface area contributed by atoms with Crippen LogP contribution in [0.3, 0.4) is 0 Å². The van der Waals surface area contributed by atoms with E-state index in [9.17, 15) is 0 Å². The first-order valence-electron chi connectivity index (χ1n) is 17.7. The van der Waals surface area contributed by atoms with Crippen LogP contribution in [0.4, 0.5) is 0 Å². The summed E-state index contributed by atoms with van der Waals surface area (Å²) in [6, 6.07) is 69.2. The molecule has 0 aliphatic carbocycles. The van der Waals surface area contributed by atoms with Crippen molar-refractivity contribution < 1.29 is 0 Å². The van der Waals surface area contributed by atoms with Crippen molar-refractivity contribution >= 4 is 75.7 Å². The molecule has 0 aliphatic rings. The second kappa shape index (κ2) is 10.9. The molecule has 0 unspecified atom stereocenters. The van der Waals surface area contributed by atoms with Crippen molar-refractivity contribution in [3.63, 3.8) is 0 Å². The minimum Gasteiger partial charge on any atom is -0.309 e. The van der Waals surface area contributed by atoms with Crippen LogP contribution in [0.15, 0.2) is 188 Å². The van der Waals surface area contributed by atoms with E-state index < -0.39 is 0 Å². The minimum absolute atomic E-state index is 1.17. The molecule has 0 saturated carbocycles. The predicted octanol–water partition coefficient (Wildman–Crippen LogP) is 13.9. The highest BCUT2D eigenvalue weighted by Gasteiger charge is 2.20. The van der Waals surface area contributed by atoms with Gasteiger partial charge in [-0.1, -0.05) is 158 Å². The Kier molecular flexibility index (Phi) is 6.02. The topological polar surface area (TPSA) is 4.93 Å². The summed E-state index contributed by atoms with van der Waals surface area (Å²) in [6.45, 7) is 0. The van der Waals surface area contributed by atoms with Crippen LogP contribution in [-0.4, -0.2) is 4.57 Å². The van der Waals surface area contributed by atoms with Gasteiger partial charge in [0.05, 0.1) is 11.0 Å². The standard InChI is InChI=1S/C50H31N/c1-2-13-36(14-3-1)51-47-29-27-33-12-4-5-15-37(33)49(47)50-44-21-11-10-20-42(44)45(31-48(50)51)34-24-22-32(23-25-34)35-26-28-43-40-18-7-6-16-38(40)39-17-8-9-19-41(39)46(43)30-35/h1-31H. The van der Waals surface area contributed by atoms with E-state index in [1.807, 2.05) is 0 Å². The molecule has 1 heterocycles. The number of rotatable bonds is 3. The number of fused-ring (bicyclic) bond motifs is 13. The summed E-state index contributed by atoms with van der Waals surface area (Å²) in [5.74, 6) is 0. The quantitative estimate of drug-likeness (QED) is 0.169. The maximum Gasteiger partial charge on any atom is 0.0553 e. The van der Waals surface area contributed by atoms with Crippen LogP contribution >= 0.6 is 0 Å². The molecule has 1 aromatic heterocycles. The summed E-state index contributed by atoms with van der Waals surface area (Å²) in [6.07, 6.45) is 0. The van der Waals surface area contributed by atoms with E-state index in [-0.39, 0.29) is 0 Å². The van der Waals surface area contributed by atoms with Gasteiger partial charge in [0, 0.05) is 16.5 Å². The Morgan fingerprint density at radius 2 is 0.784 bits per heavy atom. The molecule has 51 heavy (non-hydrogen) atoms. The van der Waals surface area contributed by atoms with Gasteiger partial charge in [-0.25, -0.2) is 0 Å². The van der Waals surface area contributed by atoms with Crippen LogP contribution in [0.1, 0.15) is 0 Å². The van der Waals surface area contributed by atoms with E-state index in [1.165, 1.54) is 104 Å². The molecule has 10 aromatic carbocycles. The first-order chi connectivity index (χ1) is 25.3. The van der Waals surface area contributed by atoms with Gasteiger partial charge in [-0.2, -0.15) is 0 Å². The monoisotopic (exact) mass is 645 g/mol. The molecule has 0 radical (unpaired) electrons. The van der Waals surface area contributed by atoms with Crippen LogP contribution in [0.25, 0.3) is 104 Å². The highest BCUT2D eigenvalue weighted by atomic mass is 15.0. The second-order valence-electron chi connectivity index (χ2n) is 13.6. The highest BCUT2D eigenvalue weighted by molar-refractivity contribution is 6.30. The Morgan fingerprint density at radius 1 is 0.275 bits per heavy atom. The fourth-order valence-corrected chi connectivity index (χ4v) is 8.66. The fourth-order valence-electron chi connectivity index (χ4n) is 8.66. The van der Waals surface area contributed by atoms with Crippen molar-refractivity contribution in [3.8, 4) is 27.9 Å². The Labute approximate surface area is 295 Å². The second-order valence-corrected chi connectivity index (χ2v) is 13.6. The van der Waals surface area contributed by atoms with Crippen molar-refractivity contribution in [1.82, 2.24) is 4.57 Å². The lowest BCUT2D eigenvalue weighted by atomic mass is 9.91. The number of aromatic nitrogens is 1. The summed E-state index contributed by atoms with van der Waals surface area (Å²) in [5, 5.41) is 15.5. The number of hydrogen-bond donors (Lipinski definition) is 0. The SMILES string of the molecule is c1ccc(-n2c3ccc4ccccc4c3c3c4ccccc4c(-c4ccc(-c5ccc6c7ccccc7c7ccccc7c6c5)cc4)cc32)cc1. The molecule has 11 rings (SSSR count). The third kappa shape index (κ3) is 4.16. The van der Waals surface area contributed by atoms with Crippen LogP contribution < -0.4 is 0 Å². The summed E-state index contributed by atoms with van der Waals surface area (Å²) >= 11 is 0. The largest absolute Gasteiger partial charge is 0.309 e. The Hall–Kier alpha value is -6.70. The molecule has 0 fully saturated rings. The van der Waals surface area contributed by atoms with Gasteiger partial charge in [0.2, 0.25) is 0 Å². The number of hydrogen-bond acceptors (Lipinski definition) is 0. The fraction of sp³-hybridized carbons (Fsp3) is 0. The van der Waals surface area contributed by atoms with Crippen LogP contribution in [-0.2, 0) is 0 Å². The summed E-state index contributed by atoms with van der Waals surface area (Å²) in [7, 11) is 0. The average Bonchev–Trinajstić information content (AvgIpc) is 3.56.